The lowest BCUT2D eigenvalue weighted by atomic mass is 10.0. The fraction of sp³-hybridized carbons (Fsp3) is 0.333. The molecule has 4 heteroatoms. The number of rotatable bonds is 4. The van der Waals surface area contributed by atoms with Crippen molar-refractivity contribution >= 4 is 11.0 Å². The Morgan fingerprint density at radius 3 is 2.69 bits per heavy atom. The van der Waals surface area contributed by atoms with E-state index in [0.29, 0.717) is 0 Å². The Balaban J connectivity index is 2.37. The van der Waals surface area contributed by atoms with Gasteiger partial charge in [-0.05, 0) is 24.1 Å². The van der Waals surface area contributed by atoms with Gasteiger partial charge in [0.1, 0.15) is 0 Å². The third kappa shape index (κ3) is 2.18. The molecular formula is C12H16N4. The van der Waals surface area contributed by atoms with Gasteiger partial charge in [-0.2, -0.15) is 0 Å². The van der Waals surface area contributed by atoms with Crippen LogP contribution in [-0.4, -0.2) is 9.97 Å². The molecule has 1 atom stereocenters. The highest BCUT2D eigenvalue weighted by Crippen LogP contribution is 2.20. The first kappa shape index (κ1) is 11.0. The van der Waals surface area contributed by atoms with Crippen molar-refractivity contribution in [3.8, 4) is 0 Å². The van der Waals surface area contributed by atoms with Crippen LogP contribution in [-0.2, 0) is 0 Å². The number of fused-ring (bicyclic) bond motifs is 1. The van der Waals surface area contributed by atoms with Crippen molar-refractivity contribution < 1.29 is 0 Å². The molecule has 0 saturated heterocycles. The third-order valence-electron chi connectivity index (χ3n) is 2.67. The minimum Gasteiger partial charge on any atom is -0.271 e. The molecule has 0 aliphatic rings. The smallest absolute Gasteiger partial charge is 0.0890 e. The predicted molar refractivity (Wildman–Crippen MR) is 64.5 cm³/mol. The highest BCUT2D eigenvalue weighted by atomic mass is 15.2. The highest BCUT2D eigenvalue weighted by Gasteiger charge is 2.09. The second-order valence-electron chi connectivity index (χ2n) is 3.81. The van der Waals surface area contributed by atoms with Crippen molar-refractivity contribution in [2.24, 2.45) is 5.84 Å². The van der Waals surface area contributed by atoms with Gasteiger partial charge in [0, 0.05) is 18.4 Å². The number of nitrogens with two attached hydrogens (primary N) is 1. The quantitative estimate of drug-likeness (QED) is 0.605. The van der Waals surface area contributed by atoms with Crippen LogP contribution >= 0.6 is 0 Å². The lowest BCUT2D eigenvalue weighted by Crippen LogP contribution is -2.27. The number of hydrazine groups is 1. The van der Waals surface area contributed by atoms with E-state index in [1.165, 1.54) is 0 Å². The van der Waals surface area contributed by atoms with E-state index >= 15 is 0 Å². The fourth-order valence-electron chi connectivity index (χ4n) is 1.83. The van der Waals surface area contributed by atoms with Crippen molar-refractivity contribution in [1.29, 1.82) is 0 Å². The summed E-state index contributed by atoms with van der Waals surface area (Å²) in [6.07, 6.45) is 5.51. The zero-order chi connectivity index (χ0) is 11.4. The first-order chi connectivity index (χ1) is 7.85. The van der Waals surface area contributed by atoms with E-state index in [1.54, 1.807) is 12.4 Å². The van der Waals surface area contributed by atoms with E-state index in [4.69, 9.17) is 5.84 Å². The molecule has 1 unspecified atom stereocenters. The molecule has 4 nitrogen and oxygen atoms in total. The average molecular weight is 216 g/mol. The zero-order valence-electron chi connectivity index (χ0n) is 9.35. The van der Waals surface area contributed by atoms with E-state index in [-0.39, 0.29) is 6.04 Å². The van der Waals surface area contributed by atoms with Crippen LogP contribution in [0.2, 0.25) is 0 Å². The van der Waals surface area contributed by atoms with Gasteiger partial charge in [0.15, 0.2) is 0 Å². The molecule has 0 aliphatic carbocycles. The molecule has 2 aromatic rings. The summed E-state index contributed by atoms with van der Waals surface area (Å²) in [7, 11) is 0. The maximum absolute atomic E-state index is 5.55. The van der Waals surface area contributed by atoms with Crippen LogP contribution in [0, 0.1) is 0 Å². The number of benzene rings is 1. The minimum absolute atomic E-state index is 0.191. The van der Waals surface area contributed by atoms with E-state index < -0.39 is 0 Å². The van der Waals surface area contributed by atoms with Crippen LogP contribution in [0.4, 0.5) is 0 Å². The average Bonchev–Trinajstić information content (AvgIpc) is 2.35. The van der Waals surface area contributed by atoms with Gasteiger partial charge in [0.2, 0.25) is 0 Å². The molecule has 2 rings (SSSR count). The number of nitrogens with one attached hydrogen (secondary N) is 1. The van der Waals surface area contributed by atoms with Gasteiger partial charge >= 0.3 is 0 Å². The molecule has 1 aromatic heterocycles. The predicted octanol–water partition coefficient (Wildman–Crippen LogP) is 1.93. The summed E-state index contributed by atoms with van der Waals surface area (Å²) in [4.78, 5) is 8.53. The maximum atomic E-state index is 5.55. The molecule has 0 radical (unpaired) electrons. The van der Waals surface area contributed by atoms with Gasteiger partial charge in [-0.3, -0.25) is 21.2 Å². The van der Waals surface area contributed by atoms with Crippen molar-refractivity contribution in [1.82, 2.24) is 15.4 Å². The second kappa shape index (κ2) is 5.01. The van der Waals surface area contributed by atoms with Gasteiger partial charge in [0.05, 0.1) is 11.0 Å². The standard InChI is InChI=1S/C12H16N4/c1-2-3-10(16-13)9-4-5-11-12(8-9)15-7-6-14-11/h4-8,10,16H,2-3,13H2,1H3. The molecule has 1 aromatic carbocycles. The summed E-state index contributed by atoms with van der Waals surface area (Å²) < 4.78 is 0. The summed E-state index contributed by atoms with van der Waals surface area (Å²) in [6, 6.07) is 6.27. The zero-order valence-corrected chi connectivity index (χ0v) is 9.35. The molecule has 0 spiro atoms. The van der Waals surface area contributed by atoms with Crippen LogP contribution in [0.1, 0.15) is 31.4 Å². The van der Waals surface area contributed by atoms with Gasteiger partial charge < -0.3 is 0 Å². The Bertz CT molecular complexity index is 469. The molecule has 0 aliphatic heterocycles. The van der Waals surface area contributed by atoms with Crippen LogP contribution in [0.15, 0.2) is 30.6 Å². The Labute approximate surface area is 94.9 Å². The van der Waals surface area contributed by atoms with Crippen LogP contribution in [0.25, 0.3) is 11.0 Å². The lowest BCUT2D eigenvalue weighted by Gasteiger charge is -2.15. The highest BCUT2D eigenvalue weighted by molar-refractivity contribution is 5.74. The van der Waals surface area contributed by atoms with Gasteiger partial charge in [-0.15, -0.1) is 0 Å². The van der Waals surface area contributed by atoms with Crippen molar-refractivity contribution in [3.63, 3.8) is 0 Å². The third-order valence-corrected chi connectivity index (χ3v) is 2.67. The topological polar surface area (TPSA) is 63.8 Å². The Morgan fingerprint density at radius 2 is 2.00 bits per heavy atom. The largest absolute Gasteiger partial charge is 0.271 e. The van der Waals surface area contributed by atoms with E-state index in [1.807, 2.05) is 12.1 Å². The summed E-state index contributed by atoms with van der Waals surface area (Å²) in [5.41, 5.74) is 5.83. The maximum Gasteiger partial charge on any atom is 0.0890 e. The Kier molecular flexibility index (Phi) is 3.44. The minimum atomic E-state index is 0.191. The number of nitrogens with zero attached hydrogens (tertiary/aromatic N) is 2. The molecule has 16 heavy (non-hydrogen) atoms. The number of aromatic nitrogens is 2. The van der Waals surface area contributed by atoms with Gasteiger partial charge in [-0.1, -0.05) is 19.4 Å². The van der Waals surface area contributed by atoms with Gasteiger partial charge in [-0.25, -0.2) is 0 Å². The summed E-state index contributed by atoms with van der Waals surface area (Å²) in [5, 5.41) is 0. The SMILES string of the molecule is CCCC(NN)c1ccc2nccnc2c1. The molecule has 0 amide bonds. The monoisotopic (exact) mass is 216 g/mol. The van der Waals surface area contributed by atoms with E-state index in [2.05, 4.69) is 28.4 Å². The molecule has 0 saturated carbocycles. The molecule has 1 heterocycles. The molecule has 0 bridgehead atoms. The normalized spacial score (nSPS) is 12.9. The van der Waals surface area contributed by atoms with Crippen LogP contribution < -0.4 is 11.3 Å². The lowest BCUT2D eigenvalue weighted by molar-refractivity contribution is 0.510. The van der Waals surface area contributed by atoms with Crippen molar-refractivity contribution in [3.05, 3.63) is 36.2 Å². The van der Waals surface area contributed by atoms with Crippen LogP contribution in [0.3, 0.4) is 0 Å². The Morgan fingerprint density at radius 1 is 1.25 bits per heavy atom. The first-order valence-electron chi connectivity index (χ1n) is 5.52. The fourth-order valence-corrected chi connectivity index (χ4v) is 1.83. The van der Waals surface area contributed by atoms with E-state index in [0.717, 1.165) is 29.4 Å². The summed E-state index contributed by atoms with van der Waals surface area (Å²) in [5.74, 6) is 5.55. The van der Waals surface area contributed by atoms with E-state index in [9.17, 15) is 0 Å². The molecular weight excluding hydrogens is 200 g/mol. The molecule has 3 N–H and O–H groups in total. The van der Waals surface area contributed by atoms with Crippen molar-refractivity contribution in [2.45, 2.75) is 25.8 Å². The first-order valence-corrected chi connectivity index (χ1v) is 5.52. The Hall–Kier alpha value is -1.52. The summed E-state index contributed by atoms with van der Waals surface area (Å²) >= 11 is 0. The van der Waals surface area contributed by atoms with Gasteiger partial charge in [0.25, 0.3) is 0 Å². The molecule has 0 fully saturated rings. The van der Waals surface area contributed by atoms with Crippen LogP contribution in [0.5, 0.6) is 0 Å². The van der Waals surface area contributed by atoms with Crippen molar-refractivity contribution in [2.75, 3.05) is 0 Å². The summed E-state index contributed by atoms with van der Waals surface area (Å²) in [6.45, 7) is 2.14. The second-order valence-corrected chi connectivity index (χ2v) is 3.81. The number of hydrogen-bond donors (Lipinski definition) is 2. The number of hydrogen-bond acceptors (Lipinski definition) is 4. The molecule has 84 valence electrons.